The van der Waals surface area contributed by atoms with Gasteiger partial charge in [0.25, 0.3) is 5.56 Å². The Kier molecular flexibility index (Phi) is 6.97. The van der Waals surface area contributed by atoms with E-state index in [9.17, 15) is 9.59 Å². The monoisotopic (exact) mass is 431 g/mol. The molecule has 0 unspecified atom stereocenters. The van der Waals surface area contributed by atoms with Crippen molar-refractivity contribution < 1.29 is 9.53 Å². The van der Waals surface area contributed by atoms with Gasteiger partial charge in [-0.25, -0.2) is 4.98 Å². The Balaban J connectivity index is 2.14. The first kappa shape index (κ1) is 21.4. The quantitative estimate of drug-likeness (QED) is 0.432. The van der Waals surface area contributed by atoms with Gasteiger partial charge >= 0.3 is 0 Å². The minimum Gasteiger partial charge on any atom is -0.497 e. The normalized spacial score (nSPS) is 11.0. The highest BCUT2D eigenvalue weighted by atomic mass is 32.2. The maximum Gasteiger partial charge on any atom is 0.267 e. The van der Waals surface area contributed by atoms with Crippen LogP contribution in [-0.4, -0.2) is 34.9 Å². The zero-order valence-corrected chi connectivity index (χ0v) is 18.7. The lowest BCUT2D eigenvalue weighted by Crippen LogP contribution is -2.27. The van der Waals surface area contributed by atoms with E-state index in [1.165, 1.54) is 11.8 Å². The number of aromatic nitrogens is 2. The fourth-order valence-corrected chi connectivity index (χ4v) is 5.07. The average Bonchev–Trinajstić information content (AvgIpc) is 3.06. The molecule has 1 amide bonds. The molecule has 0 radical (unpaired) electrons. The Morgan fingerprint density at radius 3 is 2.83 bits per heavy atom. The summed E-state index contributed by atoms with van der Waals surface area (Å²) in [5.41, 5.74) is 1.54. The summed E-state index contributed by atoms with van der Waals surface area (Å²) in [5.74, 6) is 0.787. The lowest BCUT2D eigenvalue weighted by Gasteiger charge is -2.13. The fourth-order valence-electron chi connectivity index (χ4n) is 3.07. The van der Waals surface area contributed by atoms with Crippen molar-refractivity contribution in [1.29, 1.82) is 0 Å². The van der Waals surface area contributed by atoms with E-state index in [-0.39, 0.29) is 17.2 Å². The zero-order valence-electron chi connectivity index (χ0n) is 17.1. The van der Waals surface area contributed by atoms with Crippen molar-refractivity contribution in [2.75, 3.05) is 19.4 Å². The maximum atomic E-state index is 13.5. The molecule has 2 heterocycles. The summed E-state index contributed by atoms with van der Waals surface area (Å²) in [5, 5.41) is 4.02. The second kappa shape index (κ2) is 9.45. The molecule has 0 saturated carbocycles. The standard InChI is InChI=1S/C21H25N3O3S2/c1-5-10-22-17(25)12-28-21-23-19-18(13(3)16(6-2)29-19)20(26)24(21)14-8-7-9-15(11-14)27-4/h7-9,11H,5-6,10,12H2,1-4H3,(H,22,25). The van der Waals surface area contributed by atoms with Crippen molar-refractivity contribution >= 4 is 39.2 Å². The van der Waals surface area contributed by atoms with Gasteiger partial charge in [-0.3, -0.25) is 14.2 Å². The number of nitrogens with one attached hydrogen (secondary N) is 1. The van der Waals surface area contributed by atoms with Crippen LogP contribution in [0.5, 0.6) is 5.75 Å². The number of rotatable bonds is 8. The molecule has 2 aromatic heterocycles. The van der Waals surface area contributed by atoms with Gasteiger partial charge in [-0.05, 0) is 37.5 Å². The molecule has 6 nitrogen and oxygen atoms in total. The SMILES string of the molecule is CCCNC(=O)CSc1nc2sc(CC)c(C)c2c(=O)n1-c1cccc(OC)c1. The van der Waals surface area contributed by atoms with E-state index < -0.39 is 0 Å². The number of thiophene rings is 1. The highest BCUT2D eigenvalue weighted by Gasteiger charge is 2.19. The molecule has 1 aromatic carbocycles. The van der Waals surface area contributed by atoms with Crippen molar-refractivity contribution in [2.24, 2.45) is 0 Å². The van der Waals surface area contributed by atoms with E-state index in [0.29, 0.717) is 28.5 Å². The number of ether oxygens (including phenoxy) is 1. The molecule has 0 aliphatic rings. The highest BCUT2D eigenvalue weighted by molar-refractivity contribution is 7.99. The summed E-state index contributed by atoms with van der Waals surface area (Å²) in [4.78, 5) is 32.3. The number of carbonyl (C=O) groups is 1. The van der Waals surface area contributed by atoms with Gasteiger partial charge in [0.2, 0.25) is 5.91 Å². The van der Waals surface area contributed by atoms with E-state index in [4.69, 9.17) is 9.72 Å². The highest BCUT2D eigenvalue weighted by Crippen LogP contribution is 2.31. The molecule has 154 valence electrons. The van der Waals surface area contributed by atoms with Gasteiger partial charge in [0, 0.05) is 17.5 Å². The van der Waals surface area contributed by atoms with Crippen LogP contribution in [0, 0.1) is 6.92 Å². The van der Waals surface area contributed by atoms with E-state index in [0.717, 1.165) is 28.1 Å². The van der Waals surface area contributed by atoms with Gasteiger partial charge in [-0.15, -0.1) is 11.3 Å². The van der Waals surface area contributed by atoms with Crippen LogP contribution in [0.4, 0.5) is 0 Å². The Hall–Kier alpha value is -2.32. The van der Waals surface area contributed by atoms with Crippen molar-refractivity contribution in [2.45, 2.75) is 38.8 Å². The first-order valence-electron chi connectivity index (χ1n) is 9.59. The molecular formula is C21H25N3O3S2. The molecule has 1 N–H and O–H groups in total. The van der Waals surface area contributed by atoms with E-state index in [1.807, 2.05) is 32.0 Å². The first-order valence-corrected chi connectivity index (χ1v) is 11.4. The third kappa shape index (κ3) is 4.48. The molecule has 0 fully saturated rings. The van der Waals surface area contributed by atoms with Gasteiger partial charge in [0.05, 0.1) is 23.9 Å². The summed E-state index contributed by atoms with van der Waals surface area (Å²) in [6.45, 7) is 6.69. The average molecular weight is 432 g/mol. The van der Waals surface area contributed by atoms with Crippen LogP contribution in [0.2, 0.25) is 0 Å². The molecule has 3 rings (SSSR count). The number of nitrogens with zero attached hydrogens (tertiary/aromatic N) is 2. The molecule has 0 aliphatic heterocycles. The molecule has 0 aliphatic carbocycles. The number of fused-ring (bicyclic) bond motifs is 1. The van der Waals surface area contributed by atoms with E-state index in [1.54, 1.807) is 29.1 Å². The summed E-state index contributed by atoms with van der Waals surface area (Å²) in [6.07, 6.45) is 1.73. The van der Waals surface area contributed by atoms with E-state index >= 15 is 0 Å². The lowest BCUT2D eigenvalue weighted by atomic mass is 10.2. The van der Waals surface area contributed by atoms with E-state index in [2.05, 4.69) is 12.2 Å². The number of amides is 1. The third-order valence-electron chi connectivity index (χ3n) is 4.57. The molecule has 29 heavy (non-hydrogen) atoms. The molecule has 0 spiro atoms. The number of carbonyl (C=O) groups excluding carboxylic acids is 1. The van der Waals surface area contributed by atoms with Crippen LogP contribution < -0.4 is 15.6 Å². The largest absolute Gasteiger partial charge is 0.497 e. The molecule has 0 saturated heterocycles. The second-order valence-electron chi connectivity index (χ2n) is 6.56. The van der Waals surface area contributed by atoms with Crippen LogP contribution in [0.25, 0.3) is 15.9 Å². The summed E-state index contributed by atoms with van der Waals surface area (Å²) in [6, 6.07) is 7.32. The van der Waals surface area contributed by atoms with Crippen LogP contribution in [-0.2, 0) is 11.2 Å². The number of aryl methyl sites for hydroxylation is 2. The van der Waals surface area contributed by atoms with Crippen LogP contribution in [0.3, 0.4) is 0 Å². The van der Waals surface area contributed by atoms with Gasteiger partial charge < -0.3 is 10.1 Å². The van der Waals surface area contributed by atoms with Crippen LogP contribution in [0.15, 0.2) is 34.2 Å². The topological polar surface area (TPSA) is 73.2 Å². The maximum absolute atomic E-state index is 13.5. The van der Waals surface area contributed by atoms with Crippen molar-refractivity contribution in [1.82, 2.24) is 14.9 Å². The molecule has 3 aromatic rings. The van der Waals surface area contributed by atoms with Gasteiger partial charge in [0.15, 0.2) is 5.16 Å². The summed E-state index contributed by atoms with van der Waals surface area (Å²) < 4.78 is 6.91. The minimum atomic E-state index is -0.117. The smallest absolute Gasteiger partial charge is 0.267 e. The Morgan fingerprint density at radius 1 is 1.34 bits per heavy atom. The van der Waals surface area contributed by atoms with Gasteiger partial charge in [0.1, 0.15) is 10.6 Å². The minimum absolute atomic E-state index is 0.0694. The third-order valence-corrected chi connectivity index (χ3v) is 6.84. The lowest BCUT2D eigenvalue weighted by molar-refractivity contribution is -0.118. The van der Waals surface area contributed by atoms with Gasteiger partial charge in [-0.1, -0.05) is 31.7 Å². The predicted octanol–water partition coefficient (Wildman–Crippen LogP) is 3.94. The summed E-state index contributed by atoms with van der Waals surface area (Å²) >= 11 is 2.82. The predicted molar refractivity (Wildman–Crippen MR) is 120 cm³/mol. The Labute approximate surface area is 178 Å². The molecule has 0 atom stereocenters. The molecule has 0 bridgehead atoms. The first-order chi connectivity index (χ1) is 14.0. The molecular weight excluding hydrogens is 406 g/mol. The zero-order chi connectivity index (χ0) is 21.0. The van der Waals surface area contributed by atoms with Crippen molar-refractivity contribution in [3.8, 4) is 11.4 Å². The number of benzene rings is 1. The van der Waals surface area contributed by atoms with Gasteiger partial charge in [-0.2, -0.15) is 0 Å². The number of hydrogen-bond donors (Lipinski definition) is 1. The van der Waals surface area contributed by atoms with Crippen molar-refractivity contribution in [3.05, 3.63) is 45.1 Å². The number of hydrogen-bond acceptors (Lipinski definition) is 6. The van der Waals surface area contributed by atoms with Crippen LogP contribution in [0.1, 0.15) is 30.7 Å². The van der Waals surface area contributed by atoms with Crippen molar-refractivity contribution in [3.63, 3.8) is 0 Å². The Morgan fingerprint density at radius 2 is 2.14 bits per heavy atom. The molecule has 8 heteroatoms. The number of methoxy groups -OCH3 is 1. The summed E-state index contributed by atoms with van der Waals surface area (Å²) in [7, 11) is 1.59. The Bertz CT molecular complexity index is 1090. The number of thioether (sulfide) groups is 1. The second-order valence-corrected chi connectivity index (χ2v) is 8.59. The fraction of sp³-hybridized carbons (Fsp3) is 0.381. The van der Waals surface area contributed by atoms with Crippen LogP contribution >= 0.6 is 23.1 Å².